The lowest BCUT2D eigenvalue weighted by Crippen LogP contribution is -2.01. The van der Waals surface area contributed by atoms with Gasteiger partial charge in [-0.2, -0.15) is 0 Å². The van der Waals surface area contributed by atoms with Gasteiger partial charge in [-0.25, -0.2) is 0 Å². The van der Waals surface area contributed by atoms with E-state index in [1.807, 2.05) is 25.1 Å². The van der Waals surface area contributed by atoms with Crippen molar-refractivity contribution in [3.8, 4) is 5.75 Å². The van der Waals surface area contributed by atoms with E-state index < -0.39 is 6.10 Å². The van der Waals surface area contributed by atoms with Gasteiger partial charge in [-0.15, -0.1) is 0 Å². The fourth-order valence-electron chi connectivity index (χ4n) is 2.74. The molecule has 0 aliphatic heterocycles. The molecule has 0 spiro atoms. The summed E-state index contributed by atoms with van der Waals surface area (Å²) in [6.45, 7) is 4.30. The van der Waals surface area contributed by atoms with E-state index in [0.717, 1.165) is 24.2 Å². The van der Waals surface area contributed by atoms with Crippen molar-refractivity contribution in [2.24, 2.45) is 0 Å². The minimum Gasteiger partial charge on any atom is -0.496 e. The predicted molar refractivity (Wildman–Crippen MR) is 89.9 cm³/mol. The quantitative estimate of drug-likeness (QED) is 0.540. The molecule has 2 heteroatoms. The summed E-state index contributed by atoms with van der Waals surface area (Å²) in [4.78, 5) is 0. The Balaban J connectivity index is 2.24. The van der Waals surface area contributed by atoms with Gasteiger partial charge in [0.15, 0.2) is 0 Å². The van der Waals surface area contributed by atoms with Crippen LogP contribution in [0.15, 0.2) is 18.2 Å². The Hall–Kier alpha value is -1.02. The van der Waals surface area contributed by atoms with E-state index in [1.54, 1.807) is 7.11 Å². The SMILES string of the molecule is CCCCCCCCCCC(O)c1cc(C)ccc1OC. The van der Waals surface area contributed by atoms with Crippen LogP contribution in [0.2, 0.25) is 0 Å². The molecular formula is C19H32O2. The second-order valence-corrected chi connectivity index (χ2v) is 6.02. The molecule has 0 amide bonds. The van der Waals surface area contributed by atoms with Crippen LogP contribution in [0.5, 0.6) is 5.75 Å². The van der Waals surface area contributed by atoms with E-state index in [2.05, 4.69) is 6.92 Å². The lowest BCUT2D eigenvalue weighted by Gasteiger charge is -2.15. The van der Waals surface area contributed by atoms with Crippen LogP contribution in [0.25, 0.3) is 0 Å². The molecule has 0 saturated carbocycles. The Morgan fingerprint density at radius 2 is 1.62 bits per heavy atom. The van der Waals surface area contributed by atoms with Gasteiger partial charge < -0.3 is 9.84 Å². The number of ether oxygens (including phenoxy) is 1. The standard InChI is InChI=1S/C19H32O2/c1-4-5-6-7-8-9-10-11-12-18(20)17-15-16(2)13-14-19(17)21-3/h13-15,18,20H,4-12H2,1-3H3. The first kappa shape index (κ1) is 18.0. The average molecular weight is 292 g/mol. The molecule has 0 aliphatic carbocycles. The van der Waals surface area contributed by atoms with Crippen molar-refractivity contribution in [2.75, 3.05) is 7.11 Å². The summed E-state index contributed by atoms with van der Waals surface area (Å²) in [6, 6.07) is 6.00. The first-order valence-corrected chi connectivity index (χ1v) is 8.51. The molecule has 2 nitrogen and oxygen atoms in total. The van der Waals surface area contributed by atoms with Gasteiger partial charge in [-0.05, 0) is 25.5 Å². The summed E-state index contributed by atoms with van der Waals surface area (Å²) in [5.74, 6) is 0.799. The summed E-state index contributed by atoms with van der Waals surface area (Å²) >= 11 is 0. The minimum atomic E-state index is -0.403. The van der Waals surface area contributed by atoms with E-state index in [4.69, 9.17) is 4.74 Å². The monoisotopic (exact) mass is 292 g/mol. The lowest BCUT2D eigenvalue weighted by atomic mass is 9.99. The first-order chi connectivity index (χ1) is 10.2. The van der Waals surface area contributed by atoms with Crippen molar-refractivity contribution in [1.29, 1.82) is 0 Å². The Morgan fingerprint density at radius 3 is 2.24 bits per heavy atom. The average Bonchev–Trinajstić information content (AvgIpc) is 2.49. The zero-order valence-electron chi connectivity index (χ0n) is 14.0. The van der Waals surface area contributed by atoms with E-state index in [9.17, 15) is 5.11 Å². The zero-order chi connectivity index (χ0) is 15.5. The number of aliphatic hydroxyl groups excluding tert-OH is 1. The van der Waals surface area contributed by atoms with Crippen molar-refractivity contribution < 1.29 is 9.84 Å². The maximum atomic E-state index is 10.3. The number of methoxy groups -OCH3 is 1. The van der Waals surface area contributed by atoms with E-state index in [1.165, 1.54) is 50.5 Å². The van der Waals surface area contributed by atoms with Crippen LogP contribution >= 0.6 is 0 Å². The van der Waals surface area contributed by atoms with Gasteiger partial charge in [0.25, 0.3) is 0 Å². The fraction of sp³-hybridized carbons (Fsp3) is 0.684. The van der Waals surface area contributed by atoms with Crippen molar-refractivity contribution in [3.05, 3.63) is 29.3 Å². The van der Waals surface area contributed by atoms with Crippen LogP contribution in [-0.4, -0.2) is 12.2 Å². The maximum Gasteiger partial charge on any atom is 0.124 e. The summed E-state index contributed by atoms with van der Waals surface area (Å²) in [5, 5.41) is 10.3. The smallest absolute Gasteiger partial charge is 0.124 e. The van der Waals surface area contributed by atoms with Crippen molar-refractivity contribution >= 4 is 0 Å². The van der Waals surface area contributed by atoms with Crippen LogP contribution < -0.4 is 4.74 Å². The number of rotatable bonds is 11. The predicted octanol–water partition coefficient (Wildman–Crippen LogP) is 5.57. The molecule has 1 atom stereocenters. The molecule has 1 N–H and O–H groups in total. The van der Waals surface area contributed by atoms with E-state index in [-0.39, 0.29) is 0 Å². The third kappa shape index (κ3) is 6.99. The van der Waals surface area contributed by atoms with Gasteiger partial charge in [0.05, 0.1) is 13.2 Å². The molecule has 1 unspecified atom stereocenters. The minimum absolute atomic E-state index is 0.403. The molecule has 0 heterocycles. The third-order valence-electron chi connectivity index (χ3n) is 4.08. The Bertz CT molecular complexity index is 387. The number of hydrogen-bond donors (Lipinski definition) is 1. The molecule has 1 aromatic carbocycles. The molecule has 0 saturated heterocycles. The number of benzene rings is 1. The zero-order valence-corrected chi connectivity index (χ0v) is 14.0. The maximum absolute atomic E-state index is 10.3. The fourth-order valence-corrected chi connectivity index (χ4v) is 2.74. The summed E-state index contributed by atoms with van der Waals surface area (Å²) in [7, 11) is 1.66. The molecule has 1 rings (SSSR count). The summed E-state index contributed by atoms with van der Waals surface area (Å²) in [5.41, 5.74) is 2.10. The van der Waals surface area contributed by atoms with Crippen LogP contribution in [0.1, 0.15) is 81.9 Å². The Labute approximate surface area is 130 Å². The molecule has 0 bridgehead atoms. The third-order valence-corrected chi connectivity index (χ3v) is 4.08. The number of hydrogen-bond acceptors (Lipinski definition) is 2. The normalized spacial score (nSPS) is 12.4. The molecule has 1 aromatic rings. The van der Waals surface area contributed by atoms with Crippen LogP contribution in [0.4, 0.5) is 0 Å². The van der Waals surface area contributed by atoms with Gasteiger partial charge in [-0.3, -0.25) is 0 Å². The summed E-state index contributed by atoms with van der Waals surface area (Å²) < 4.78 is 5.34. The van der Waals surface area contributed by atoms with E-state index >= 15 is 0 Å². The molecule has 0 fully saturated rings. The largest absolute Gasteiger partial charge is 0.496 e. The molecule has 21 heavy (non-hydrogen) atoms. The van der Waals surface area contributed by atoms with Crippen LogP contribution in [0.3, 0.4) is 0 Å². The lowest BCUT2D eigenvalue weighted by molar-refractivity contribution is 0.159. The Kier molecular flexibility index (Phi) is 9.16. The molecule has 120 valence electrons. The molecule has 0 radical (unpaired) electrons. The molecule has 0 aliphatic rings. The van der Waals surface area contributed by atoms with Crippen molar-refractivity contribution in [3.63, 3.8) is 0 Å². The van der Waals surface area contributed by atoms with E-state index in [0.29, 0.717) is 0 Å². The van der Waals surface area contributed by atoms with Crippen molar-refractivity contribution in [2.45, 2.75) is 77.7 Å². The highest BCUT2D eigenvalue weighted by Gasteiger charge is 2.13. The second-order valence-electron chi connectivity index (χ2n) is 6.02. The highest BCUT2D eigenvalue weighted by atomic mass is 16.5. The van der Waals surface area contributed by atoms with Crippen LogP contribution in [0, 0.1) is 6.92 Å². The molecular weight excluding hydrogens is 260 g/mol. The number of aliphatic hydroxyl groups is 1. The van der Waals surface area contributed by atoms with Crippen LogP contribution in [-0.2, 0) is 0 Å². The highest BCUT2D eigenvalue weighted by Crippen LogP contribution is 2.29. The van der Waals surface area contributed by atoms with Crippen molar-refractivity contribution in [1.82, 2.24) is 0 Å². The van der Waals surface area contributed by atoms with Gasteiger partial charge in [0, 0.05) is 5.56 Å². The second kappa shape index (κ2) is 10.7. The Morgan fingerprint density at radius 1 is 1.00 bits per heavy atom. The van der Waals surface area contributed by atoms with Gasteiger partial charge in [0.1, 0.15) is 5.75 Å². The number of aryl methyl sites for hydroxylation is 1. The summed E-state index contributed by atoms with van der Waals surface area (Å²) in [6.07, 6.45) is 10.8. The highest BCUT2D eigenvalue weighted by molar-refractivity contribution is 5.38. The van der Waals surface area contributed by atoms with Gasteiger partial charge in [0.2, 0.25) is 0 Å². The topological polar surface area (TPSA) is 29.5 Å². The van der Waals surface area contributed by atoms with Gasteiger partial charge >= 0.3 is 0 Å². The number of unbranched alkanes of at least 4 members (excludes halogenated alkanes) is 7. The molecule has 0 aromatic heterocycles. The van der Waals surface area contributed by atoms with Gasteiger partial charge in [-0.1, -0.05) is 69.9 Å². The first-order valence-electron chi connectivity index (χ1n) is 8.51.